The van der Waals surface area contributed by atoms with Crippen LogP contribution in [0, 0.1) is 23.2 Å². The number of hydrogen-bond donors (Lipinski definition) is 2. The molecule has 32 heavy (non-hydrogen) atoms. The molecule has 2 N–H and O–H groups in total. The number of amides is 4. The molecule has 1 aromatic carbocycles. The summed E-state index contributed by atoms with van der Waals surface area (Å²) in [5.74, 6) is 1.87. The van der Waals surface area contributed by atoms with E-state index < -0.39 is 11.6 Å². The summed E-state index contributed by atoms with van der Waals surface area (Å²) in [6.07, 6.45) is 8.95. The summed E-state index contributed by atoms with van der Waals surface area (Å²) < 4.78 is 0. The minimum absolute atomic E-state index is 0.0682. The van der Waals surface area contributed by atoms with Crippen LogP contribution in [0.25, 0.3) is 0 Å². The predicted octanol–water partition coefficient (Wildman–Crippen LogP) is 3.95. The Labute approximate surface area is 190 Å². The van der Waals surface area contributed by atoms with Crippen molar-refractivity contribution in [2.75, 3.05) is 6.54 Å². The van der Waals surface area contributed by atoms with Gasteiger partial charge in [0.25, 0.3) is 5.91 Å². The first-order chi connectivity index (χ1) is 15.3. The second-order valence-electron chi connectivity index (χ2n) is 10.9. The topological polar surface area (TPSA) is 78.5 Å². The van der Waals surface area contributed by atoms with E-state index in [9.17, 15) is 14.4 Å². The number of nitrogens with one attached hydrogen (secondary N) is 2. The zero-order chi connectivity index (χ0) is 22.5. The van der Waals surface area contributed by atoms with Gasteiger partial charge in [-0.05, 0) is 80.6 Å². The highest BCUT2D eigenvalue weighted by molar-refractivity contribution is 6.09. The molecule has 5 aliphatic rings. The Morgan fingerprint density at radius 3 is 2.25 bits per heavy atom. The third-order valence-corrected chi connectivity index (χ3v) is 8.75. The van der Waals surface area contributed by atoms with Crippen molar-refractivity contribution >= 4 is 17.8 Å². The number of imide groups is 1. The van der Waals surface area contributed by atoms with Crippen LogP contribution in [0.4, 0.5) is 4.79 Å². The Bertz CT molecular complexity index is 879. The van der Waals surface area contributed by atoms with Crippen molar-refractivity contribution in [1.29, 1.82) is 0 Å². The minimum Gasteiger partial charge on any atom is -0.352 e. The molecule has 1 aliphatic heterocycles. The molecule has 4 amide bonds. The fraction of sp³-hybridized carbons (Fsp3) is 0.654. The lowest BCUT2D eigenvalue weighted by Crippen LogP contribution is -2.57. The highest BCUT2D eigenvalue weighted by Gasteiger charge is 2.54. The van der Waals surface area contributed by atoms with Gasteiger partial charge in [-0.25, -0.2) is 4.79 Å². The summed E-state index contributed by atoms with van der Waals surface area (Å²) in [5, 5.41) is 6.10. The van der Waals surface area contributed by atoms with Crippen LogP contribution in [-0.4, -0.2) is 35.3 Å². The van der Waals surface area contributed by atoms with E-state index in [0.29, 0.717) is 6.42 Å². The van der Waals surface area contributed by atoms with Gasteiger partial charge in [0, 0.05) is 6.04 Å². The SMILES string of the molecule is CCC[C@]1(c2ccccc2)NC(=O)N(CC(=O)N[C@H](C)C23CC4CC(CC(C4)C2)C3)C1=O. The number of urea groups is 1. The average Bonchev–Trinajstić information content (AvgIpc) is 2.99. The van der Waals surface area contributed by atoms with Crippen molar-refractivity contribution in [2.45, 2.75) is 76.8 Å². The fourth-order valence-corrected chi connectivity index (χ4v) is 7.67. The zero-order valence-electron chi connectivity index (χ0n) is 19.2. The van der Waals surface area contributed by atoms with Crippen LogP contribution < -0.4 is 10.6 Å². The number of carbonyl (C=O) groups is 3. The van der Waals surface area contributed by atoms with Gasteiger partial charge in [-0.15, -0.1) is 0 Å². The summed E-state index contributed by atoms with van der Waals surface area (Å²) in [6, 6.07) is 8.95. The molecule has 5 fully saturated rings. The number of rotatable bonds is 7. The van der Waals surface area contributed by atoms with Gasteiger partial charge in [0.05, 0.1) is 0 Å². The normalized spacial score (nSPS) is 36.3. The van der Waals surface area contributed by atoms with Gasteiger partial charge in [-0.3, -0.25) is 14.5 Å². The molecular weight excluding hydrogens is 402 g/mol. The summed E-state index contributed by atoms with van der Waals surface area (Å²) >= 11 is 0. The maximum atomic E-state index is 13.4. The van der Waals surface area contributed by atoms with Gasteiger partial charge in [-0.2, -0.15) is 0 Å². The molecule has 4 aliphatic carbocycles. The predicted molar refractivity (Wildman–Crippen MR) is 121 cm³/mol. The van der Waals surface area contributed by atoms with Gasteiger partial charge < -0.3 is 10.6 Å². The molecule has 0 aromatic heterocycles. The van der Waals surface area contributed by atoms with Gasteiger partial charge in [0.2, 0.25) is 5.91 Å². The van der Waals surface area contributed by atoms with E-state index in [0.717, 1.165) is 34.6 Å². The molecule has 1 aromatic rings. The first-order valence-electron chi connectivity index (χ1n) is 12.3. The van der Waals surface area contributed by atoms with E-state index in [1.54, 1.807) is 0 Å². The third kappa shape index (κ3) is 3.43. The van der Waals surface area contributed by atoms with E-state index in [2.05, 4.69) is 17.6 Å². The highest BCUT2D eigenvalue weighted by atomic mass is 16.2. The molecule has 6 rings (SSSR count). The largest absolute Gasteiger partial charge is 0.352 e. The van der Waals surface area contributed by atoms with Crippen molar-refractivity contribution in [2.24, 2.45) is 23.2 Å². The van der Waals surface area contributed by atoms with Crippen molar-refractivity contribution < 1.29 is 14.4 Å². The zero-order valence-corrected chi connectivity index (χ0v) is 19.2. The Kier molecular flexibility index (Phi) is 5.30. The van der Waals surface area contributed by atoms with Crippen molar-refractivity contribution in [3.8, 4) is 0 Å². The van der Waals surface area contributed by atoms with E-state index >= 15 is 0 Å². The summed E-state index contributed by atoms with van der Waals surface area (Å²) in [6.45, 7) is 3.90. The summed E-state index contributed by atoms with van der Waals surface area (Å²) in [5.41, 5.74) is -0.124. The van der Waals surface area contributed by atoms with E-state index in [-0.39, 0.29) is 29.8 Å². The lowest BCUT2D eigenvalue weighted by Gasteiger charge is -2.59. The number of benzene rings is 1. The van der Waals surface area contributed by atoms with Crippen LogP contribution in [0.1, 0.15) is 70.8 Å². The van der Waals surface area contributed by atoms with Crippen LogP contribution >= 0.6 is 0 Å². The molecule has 0 unspecified atom stereocenters. The average molecular weight is 438 g/mol. The maximum Gasteiger partial charge on any atom is 0.325 e. The molecule has 4 bridgehead atoms. The summed E-state index contributed by atoms with van der Waals surface area (Å²) in [4.78, 5) is 40.4. The molecule has 0 spiro atoms. The van der Waals surface area contributed by atoms with Gasteiger partial charge in [0.1, 0.15) is 12.1 Å². The van der Waals surface area contributed by atoms with Gasteiger partial charge in [-0.1, -0.05) is 43.7 Å². The second kappa shape index (κ2) is 7.89. The van der Waals surface area contributed by atoms with Crippen molar-refractivity contribution in [3.63, 3.8) is 0 Å². The number of hydrogen-bond acceptors (Lipinski definition) is 3. The highest BCUT2D eigenvalue weighted by Crippen LogP contribution is 2.61. The third-order valence-electron chi connectivity index (χ3n) is 8.75. The molecule has 2 atom stereocenters. The molecule has 1 saturated heterocycles. The van der Waals surface area contributed by atoms with Crippen LogP contribution in [0.2, 0.25) is 0 Å². The second-order valence-corrected chi connectivity index (χ2v) is 10.9. The van der Waals surface area contributed by atoms with Crippen LogP contribution in [-0.2, 0) is 15.1 Å². The Hall–Kier alpha value is -2.37. The lowest BCUT2D eigenvalue weighted by molar-refractivity contribution is -0.136. The molecule has 6 nitrogen and oxygen atoms in total. The fourth-order valence-electron chi connectivity index (χ4n) is 7.67. The molecule has 4 saturated carbocycles. The van der Waals surface area contributed by atoms with E-state index in [1.807, 2.05) is 37.3 Å². The minimum atomic E-state index is -1.08. The molecule has 6 heteroatoms. The first-order valence-corrected chi connectivity index (χ1v) is 12.3. The quantitative estimate of drug-likeness (QED) is 0.634. The standard InChI is InChI=1S/C26H35N3O3/c1-3-9-26(21-7-5-4-6-8-21)23(31)29(24(32)28-26)16-22(30)27-17(2)25-13-18-10-19(14-25)12-20(11-18)15-25/h4-8,17-20H,3,9-16H2,1-2H3,(H,27,30)(H,28,32)/t17-,18?,19?,20?,25?,26-/m1/s1. The first kappa shape index (κ1) is 21.5. The lowest BCUT2D eigenvalue weighted by atomic mass is 9.48. The monoisotopic (exact) mass is 437 g/mol. The van der Waals surface area contributed by atoms with E-state index in [1.165, 1.54) is 38.5 Å². The van der Waals surface area contributed by atoms with Gasteiger partial charge >= 0.3 is 6.03 Å². The van der Waals surface area contributed by atoms with Crippen LogP contribution in [0.5, 0.6) is 0 Å². The van der Waals surface area contributed by atoms with Crippen molar-refractivity contribution in [3.05, 3.63) is 35.9 Å². The van der Waals surface area contributed by atoms with Crippen molar-refractivity contribution in [1.82, 2.24) is 15.5 Å². The van der Waals surface area contributed by atoms with E-state index in [4.69, 9.17) is 0 Å². The van der Waals surface area contributed by atoms with Crippen LogP contribution in [0.3, 0.4) is 0 Å². The molecular formula is C26H35N3O3. The Balaban J connectivity index is 1.28. The molecule has 172 valence electrons. The number of carbonyl (C=O) groups excluding carboxylic acids is 3. The molecule has 0 radical (unpaired) electrons. The maximum absolute atomic E-state index is 13.4. The van der Waals surface area contributed by atoms with Gasteiger partial charge in [0.15, 0.2) is 0 Å². The smallest absolute Gasteiger partial charge is 0.325 e. The Morgan fingerprint density at radius 2 is 1.69 bits per heavy atom. The Morgan fingerprint density at radius 1 is 1.09 bits per heavy atom. The van der Waals surface area contributed by atoms with Crippen LogP contribution in [0.15, 0.2) is 30.3 Å². The molecule has 1 heterocycles. The summed E-state index contributed by atoms with van der Waals surface area (Å²) in [7, 11) is 0. The number of nitrogens with zero attached hydrogens (tertiary/aromatic N) is 1.